The van der Waals surface area contributed by atoms with Crippen LogP contribution < -0.4 is 5.73 Å². The molecule has 3 N–H and O–H groups in total. The summed E-state index contributed by atoms with van der Waals surface area (Å²) in [6, 6.07) is 0. The maximum Gasteiger partial charge on any atom is 0.472 e. The van der Waals surface area contributed by atoms with Crippen LogP contribution in [0.2, 0.25) is 0 Å². The highest BCUT2D eigenvalue weighted by Crippen LogP contribution is 2.43. The molecule has 0 aliphatic rings. The van der Waals surface area contributed by atoms with Gasteiger partial charge in [-0.3, -0.25) is 18.6 Å². The Hall–Kier alpha value is -1.51. The lowest BCUT2D eigenvalue weighted by molar-refractivity contribution is -0.161. The van der Waals surface area contributed by atoms with Crippen LogP contribution in [0.4, 0.5) is 0 Å². The Morgan fingerprint density at radius 3 is 1.53 bits per heavy atom. The average Bonchev–Trinajstić information content (AvgIpc) is 3.11. The van der Waals surface area contributed by atoms with Crippen LogP contribution in [0.1, 0.15) is 194 Å². The van der Waals surface area contributed by atoms with Crippen LogP contribution in [0.15, 0.2) is 24.3 Å². The van der Waals surface area contributed by atoms with E-state index >= 15 is 0 Å². The molecule has 0 aromatic heterocycles. The first-order valence-corrected chi connectivity index (χ1v) is 22.3. The molecule has 0 heterocycles. The maximum atomic E-state index is 12.6. The molecule has 0 saturated carbocycles. The highest BCUT2D eigenvalue weighted by Gasteiger charge is 2.26. The minimum absolute atomic E-state index is 0.0529. The minimum Gasteiger partial charge on any atom is -0.462 e. The van der Waals surface area contributed by atoms with Gasteiger partial charge in [0.1, 0.15) is 6.61 Å². The second-order valence-electron chi connectivity index (χ2n) is 13.9. The molecule has 2 atom stereocenters. The SMILES string of the molecule is CCCCC/C=C\C/C=C\CCCCCCCC(=O)OC[C@H](COP(=O)(O)OCCN)OC(=O)CCCCCCCCCCCCCCCCC. The molecular formula is C41H78NO8P. The van der Waals surface area contributed by atoms with Crippen molar-refractivity contribution in [3.63, 3.8) is 0 Å². The van der Waals surface area contributed by atoms with Gasteiger partial charge in [-0.15, -0.1) is 0 Å². The van der Waals surface area contributed by atoms with Crippen molar-refractivity contribution in [1.29, 1.82) is 0 Å². The number of phosphoric ester groups is 1. The Bertz CT molecular complexity index is 897. The second-order valence-corrected chi connectivity index (χ2v) is 15.3. The van der Waals surface area contributed by atoms with E-state index in [0.717, 1.165) is 57.8 Å². The van der Waals surface area contributed by atoms with Crippen LogP contribution in [0, 0.1) is 0 Å². The third kappa shape index (κ3) is 38.0. The van der Waals surface area contributed by atoms with Crippen LogP contribution >= 0.6 is 7.82 Å². The van der Waals surface area contributed by atoms with E-state index in [1.54, 1.807) is 0 Å². The summed E-state index contributed by atoms with van der Waals surface area (Å²) in [6.07, 6.45) is 39.1. The van der Waals surface area contributed by atoms with Gasteiger partial charge < -0.3 is 20.1 Å². The Labute approximate surface area is 312 Å². The van der Waals surface area contributed by atoms with Crippen LogP contribution in [0.5, 0.6) is 0 Å². The van der Waals surface area contributed by atoms with Crippen molar-refractivity contribution in [2.24, 2.45) is 5.73 Å². The summed E-state index contributed by atoms with van der Waals surface area (Å²) in [4.78, 5) is 34.8. The molecule has 0 bridgehead atoms. The summed E-state index contributed by atoms with van der Waals surface area (Å²) in [5.74, 6) is -0.839. The number of rotatable bonds is 39. The van der Waals surface area contributed by atoms with Crippen molar-refractivity contribution < 1.29 is 37.6 Å². The molecule has 0 spiro atoms. The van der Waals surface area contributed by atoms with Crippen molar-refractivity contribution in [1.82, 2.24) is 0 Å². The smallest absolute Gasteiger partial charge is 0.462 e. The van der Waals surface area contributed by atoms with Gasteiger partial charge in [-0.25, -0.2) is 4.57 Å². The number of nitrogens with two attached hydrogens (primary N) is 1. The fraction of sp³-hybridized carbons (Fsp3) is 0.854. The number of ether oxygens (including phenoxy) is 2. The molecule has 300 valence electrons. The van der Waals surface area contributed by atoms with Crippen LogP contribution in [-0.2, 0) is 32.7 Å². The van der Waals surface area contributed by atoms with E-state index in [1.165, 1.54) is 103 Å². The zero-order chi connectivity index (χ0) is 37.5. The van der Waals surface area contributed by atoms with Crippen LogP contribution in [0.3, 0.4) is 0 Å². The van der Waals surface area contributed by atoms with Gasteiger partial charge in [0.15, 0.2) is 6.10 Å². The van der Waals surface area contributed by atoms with Gasteiger partial charge in [-0.2, -0.15) is 0 Å². The standard InChI is InChI=1S/C41H78NO8P/c1-3-5-7-9-11-13-15-17-19-21-23-25-27-29-31-33-40(43)47-37-39(38-49-51(45,46)48-36-35-42)50-41(44)34-32-30-28-26-24-22-20-18-16-14-12-10-8-6-4-2/h11,13,17,19,39H,3-10,12,14-16,18,20-38,42H2,1-2H3,(H,45,46)/b13-11-,19-17-/t39-/m1/s1. The van der Waals surface area contributed by atoms with Gasteiger partial charge in [0.2, 0.25) is 0 Å². The number of carbonyl (C=O) groups excluding carboxylic acids is 2. The largest absolute Gasteiger partial charge is 0.472 e. The molecule has 0 fully saturated rings. The lowest BCUT2D eigenvalue weighted by atomic mass is 10.0. The van der Waals surface area contributed by atoms with E-state index < -0.39 is 32.5 Å². The number of esters is 2. The predicted octanol–water partition coefficient (Wildman–Crippen LogP) is 11.6. The van der Waals surface area contributed by atoms with Crippen molar-refractivity contribution in [3.8, 4) is 0 Å². The number of hydrogen-bond acceptors (Lipinski definition) is 8. The number of allylic oxidation sites excluding steroid dienone is 4. The van der Waals surface area contributed by atoms with E-state index in [0.29, 0.717) is 6.42 Å². The van der Waals surface area contributed by atoms with Gasteiger partial charge in [-0.1, -0.05) is 160 Å². The van der Waals surface area contributed by atoms with Gasteiger partial charge in [0.25, 0.3) is 0 Å². The molecule has 0 aromatic rings. The van der Waals surface area contributed by atoms with Crippen molar-refractivity contribution >= 4 is 19.8 Å². The van der Waals surface area contributed by atoms with E-state index in [1.807, 2.05) is 0 Å². The third-order valence-electron chi connectivity index (χ3n) is 8.84. The van der Waals surface area contributed by atoms with Gasteiger partial charge in [0.05, 0.1) is 13.2 Å². The van der Waals surface area contributed by atoms with Gasteiger partial charge in [0, 0.05) is 19.4 Å². The molecule has 0 rings (SSSR count). The molecular weight excluding hydrogens is 665 g/mol. The third-order valence-corrected chi connectivity index (χ3v) is 9.82. The molecule has 51 heavy (non-hydrogen) atoms. The molecule has 1 unspecified atom stereocenters. The molecule has 10 heteroatoms. The summed E-state index contributed by atoms with van der Waals surface area (Å²) >= 11 is 0. The van der Waals surface area contributed by atoms with Crippen LogP contribution in [0.25, 0.3) is 0 Å². The molecule has 0 aliphatic carbocycles. The highest BCUT2D eigenvalue weighted by atomic mass is 31.2. The maximum absolute atomic E-state index is 12.6. The Morgan fingerprint density at radius 2 is 1.02 bits per heavy atom. The summed E-state index contributed by atoms with van der Waals surface area (Å²) in [7, 11) is -4.37. The monoisotopic (exact) mass is 744 g/mol. The first-order chi connectivity index (χ1) is 24.8. The average molecular weight is 744 g/mol. The second kappa shape index (κ2) is 38.2. The zero-order valence-electron chi connectivity index (χ0n) is 32.8. The molecule has 0 aliphatic heterocycles. The van der Waals surface area contributed by atoms with E-state index in [2.05, 4.69) is 38.2 Å². The lowest BCUT2D eigenvalue weighted by Gasteiger charge is -2.19. The van der Waals surface area contributed by atoms with E-state index in [9.17, 15) is 19.0 Å². The van der Waals surface area contributed by atoms with E-state index in [4.69, 9.17) is 24.3 Å². The summed E-state index contributed by atoms with van der Waals surface area (Å²) in [5, 5.41) is 0. The number of unbranched alkanes of at least 4 members (excludes halogenated alkanes) is 22. The Morgan fingerprint density at radius 1 is 0.588 bits per heavy atom. The highest BCUT2D eigenvalue weighted by molar-refractivity contribution is 7.47. The fourth-order valence-electron chi connectivity index (χ4n) is 5.72. The van der Waals surface area contributed by atoms with Gasteiger partial charge in [-0.05, 0) is 44.9 Å². The Kier molecular flexibility index (Phi) is 37.1. The summed E-state index contributed by atoms with van der Waals surface area (Å²) < 4.78 is 32.7. The fourth-order valence-corrected chi connectivity index (χ4v) is 6.49. The summed E-state index contributed by atoms with van der Waals surface area (Å²) in [5.41, 5.74) is 5.34. The predicted molar refractivity (Wildman–Crippen MR) is 211 cm³/mol. The molecule has 0 saturated heterocycles. The van der Waals surface area contributed by atoms with Crippen LogP contribution in [-0.4, -0.2) is 49.3 Å². The molecule has 9 nitrogen and oxygen atoms in total. The van der Waals surface area contributed by atoms with Crippen molar-refractivity contribution in [2.45, 2.75) is 200 Å². The Balaban J connectivity index is 4.18. The molecule has 0 aromatic carbocycles. The molecule has 0 amide bonds. The summed E-state index contributed by atoms with van der Waals surface area (Å²) in [6.45, 7) is 3.70. The van der Waals surface area contributed by atoms with Crippen molar-refractivity contribution in [2.75, 3.05) is 26.4 Å². The van der Waals surface area contributed by atoms with Gasteiger partial charge >= 0.3 is 19.8 Å². The topological polar surface area (TPSA) is 134 Å². The quantitative estimate of drug-likeness (QED) is 0.0273. The zero-order valence-corrected chi connectivity index (χ0v) is 33.7. The normalized spacial score (nSPS) is 13.6. The minimum atomic E-state index is -4.37. The van der Waals surface area contributed by atoms with E-state index in [-0.39, 0.29) is 32.6 Å². The first-order valence-electron chi connectivity index (χ1n) is 20.8. The number of phosphoric acid groups is 1. The number of hydrogen-bond donors (Lipinski definition) is 2. The van der Waals surface area contributed by atoms with Crippen molar-refractivity contribution in [3.05, 3.63) is 24.3 Å². The molecule has 0 radical (unpaired) electrons. The number of carbonyl (C=O) groups is 2. The lowest BCUT2D eigenvalue weighted by Crippen LogP contribution is -2.29. The first kappa shape index (κ1) is 49.5.